The first-order valence-corrected chi connectivity index (χ1v) is 8.61. The van der Waals surface area contributed by atoms with Crippen molar-refractivity contribution in [3.63, 3.8) is 0 Å². The van der Waals surface area contributed by atoms with E-state index in [-0.39, 0.29) is 12.0 Å². The Morgan fingerprint density at radius 3 is 2.38 bits per heavy atom. The van der Waals surface area contributed by atoms with Crippen molar-refractivity contribution in [2.45, 2.75) is 32.7 Å². The standard InChI is InChI=1S/C18H24N8/c1-12(2)16-20-17(22-18(21-16)25(4)5)19-13(3)15-11-26(24-23-15)14-9-7-6-8-10-14/h6-13H,1-5H3,(H,19,20,21,22). The quantitative estimate of drug-likeness (QED) is 0.730. The van der Waals surface area contributed by atoms with E-state index in [1.165, 1.54) is 0 Å². The number of nitrogens with zero attached hydrogens (tertiary/aromatic N) is 7. The van der Waals surface area contributed by atoms with Crippen molar-refractivity contribution in [2.24, 2.45) is 0 Å². The highest BCUT2D eigenvalue weighted by Gasteiger charge is 2.15. The summed E-state index contributed by atoms with van der Waals surface area (Å²) in [5.41, 5.74) is 1.78. The minimum absolute atomic E-state index is 0.0927. The molecule has 0 spiro atoms. The van der Waals surface area contributed by atoms with Gasteiger partial charge < -0.3 is 10.2 Å². The number of hydrogen-bond acceptors (Lipinski definition) is 7. The lowest BCUT2D eigenvalue weighted by Crippen LogP contribution is -2.18. The minimum atomic E-state index is -0.0927. The molecule has 3 aromatic rings. The van der Waals surface area contributed by atoms with Crippen LogP contribution in [-0.4, -0.2) is 44.0 Å². The Bertz CT molecular complexity index is 830. The van der Waals surface area contributed by atoms with Crippen LogP contribution in [0.2, 0.25) is 0 Å². The Morgan fingerprint density at radius 2 is 1.73 bits per heavy atom. The third-order valence-electron chi connectivity index (χ3n) is 3.88. The van der Waals surface area contributed by atoms with Gasteiger partial charge in [0.2, 0.25) is 11.9 Å². The van der Waals surface area contributed by atoms with Crippen LogP contribution in [0.15, 0.2) is 36.5 Å². The number of hydrogen-bond donors (Lipinski definition) is 1. The summed E-state index contributed by atoms with van der Waals surface area (Å²) in [5.74, 6) is 2.14. The van der Waals surface area contributed by atoms with E-state index in [1.54, 1.807) is 4.68 Å². The second-order valence-corrected chi connectivity index (χ2v) is 6.66. The lowest BCUT2D eigenvalue weighted by Gasteiger charge is -2.16. The SMILES string of the molecule is CC(C)c1nc(NC(C)c2cn(-c3ccccc3)nn2)nc(N(C)C)n1. The molecule has 0 amide bonds. The van der Waals surface area contributed by atoms with Crippen LogP contribution in [0.3, 0.4) is 0 Å². The molecule has 0 aliphatic rings. The van der Waals surface area contributed by atoms with Gasteiger partial charge in [-0.2, -0.15) is 15.0 Å². The first kappa shape index (κ1) is 17.8. The van der Waals surface area contributed by atoms with E-state index >= 15 is 0 Å². The zero-order valence-electron chi connectivity index (χ0n) is 15.7. The molecule has 8 nitrogen and oxygen atoms in total. The Labute approximate surface area is 153 Å². The number of nitrogens with one attached hydrogen (secondary N) is 1. The zero-order valence-corrected chi connectivity index (χ0v) is 15.7. The second kappa shape index (κ2) is 7.47. The van der Waals surface area contributed by atoms with E-state index < -0.39 is 0 Å². The molecule has 1 unspecified atom stereocenters. The van der Waals surface area contributed by atoms with Crippen molar-refractivity contribution < 1.29 is 0 Å². The third-order valence-corrected chi connectivity index (χ3v) is 3.88. The Kier molecular flexibility index (Phi) is 5.11. The molecule has 0 saturated carbocycles. The van der Waals surface area contributed by atoms with Crippen molar-refractivity contribution in [1.82, 2.24) is 29.9 Å². The molecular formula is C18H24N8. The lowest BCUT2D eigenvalue weighted by molar-refractivity contribution is 0.739. The summed E-state index contributed by atoms with van der Waals surface area (Å²) in [5, 5.41) is 11.8. The average Bonchev–Trinajstić information content (AvgIpc) is 3.12. The fraction of sp³-hybridized carbons (Fsp3) is 0.389. The van der Waals surface area contributed by atoms with Crippen molar-refractivity contribution in [1.29, 1.82) is 0 Å². The molecule has 1 aromatic carbocycles. The molecule has 0 radical (unpaired) electrons. The van der Waals surface area contributed by atoms with Gasteiger partial charge in [0, 0.05) is 20.0 Å². The van der Waals surface area contributed by atoms with Crippen molar-refractivity contribution in [2.75, 3.05) is 24.3 Å². The third kappa shape index (κ3) is 3.96. The van der Waals surface area contributed by atoms with Crippen LogP contribution in [0.4, 0.5) is 11.9 Å². The number of rotatable bonds is 6. The molecule has 0 saturated heterocycles. The highest BCUT2D eigenvalue weighted by molar-refractivity contribution is 5.38. The summed E-state index contributed by atoms with van der Waals surface area (Å²) in [6.45, 7) is 6.13. The smallest absolute Gasteiger partial charge is 0.229 e. The molecule has 1 atom stereocenters. The summed E-state index contributed by atoms with van der Waals surface area (Å²) in [7, 11) is 3.83. The largest absolute Gasteiger partial charge is 0.347 e. The van der Waals surface area contributed by atoms with E-state index in [9.17, 15) is 0 Å². The number of aromatic nitrogens is 6. The zero-order chi connectivity index (χ0) is 18.7. The molecule has 0 fully saturated rings. The maximum Gasteiger partial charge on any atom is 0.229 e. The topological polar surface area (TPSA) is 84.7 Å². The van der Waals surface area contributed by atoms with E-state index in [4.69, 9.17) is 0 Å². The van der Waals surface area contributed by atoms with Gasteiger partial charge in [0.15, 0.2) is 0 Å². The van der Waals surface area contributed by atoms with E-state index in [0.29, 0.717) is 11.9 Å². The first-order valence-electron chi connectivity index (χ1n) is 8.61. The fourth-order valence-corrected chi connectivity index (χ4v) is 2.35. The van der Waals surface area contributed by atoms with Crippen molar-refractivity contribution in [3.05, 3.63) is 48.0 Å². The van der Waals surface area contributed by atoms with Crippen LogP contribution in [-0.2, 0) is 0 Å². The number of benzene rings is 1. The van der Waals surface area contributed by atoms with Crippen LogP contribution in [0.25, 0.3) is 5.69 Å². The van der Waals surface area contributed by atoms with Gasteiger partial charge >= 0.3 is 0 Å². The summed E-state index contributed by atoms with van der Waals surface area (Å²) >= 11 is 0. The molecule has 3 rings (SSSR count). The molecule has 26 heavy (non-hydrogen) atoms. The van der Waals surface area contributed by atoms with Crippen LogP contribution in [0, 0.1) is 0 Å². The maximum atomic E-state index is 4.53. The molecule has 0 aliphatic heterocycles. The van der Waals surface area contributed by atoms with Gasteiger partial charge in [-0.3, -0.25) is 0 Å². The Balaban J connectivity index is 1.82. The van der Waals surface area contributed by atoms with Gasteiger partial charge in [-0.15, -0.1) is 5.10 Å². The van der Waals surface area contributed by atoms with Gasteiger partial charge in [0.05, 0.1) is 17.9 Å². The maximum absolute atomic E-state index is 4.53. The molecule has 136 valence electrons. The van der Waals surface area contributed by atoms with Crippen molar-refractivity contribution in [3.8, 4) is 5.69 Å². The molecule has 2 aromatic heterocycles. The second-order valence-electron chi connectivity index (χ2n) is 6.66. The molecule has 0 aliphatic carbocycles. The van der Waals surface area contributed by atoms with Gasteiger partial charge in [-0.1, -0.05) is 37.3 Å². The predicted octanol–water partition coefficient (Wildman–Crippen LogP) is 2.81. The lowest BCUT2D eigenvalue weighted by atomic mass is 10.2. The van der Waals surface area contributed by atoms with Crippen molar-refractivity contribution >= 4 is 11.9 Å². The van der Waals surface area contributed by atoms with Crippen LogP contribution >= 0.6 is 0 Å². The van der Waals surface area contributed by atoms with Gasteiger partial charge in [0.25, 0.3) is 0 Å². The van der Waals surface area contributed by atoms with Gasteiger partial charge in [-0.05, 0) is 19.1 Å². The van der Waals surface area contributed by atoms with E-state index in [0.717, 1.165) is 17.2 Å². The summed E-state index contributed by atoms with van der Waals surface area (Å²) < 4.78 is 1.76. The number of anilines is 2. The predicted molar refractivity (Wildman–Crippen MR) is 102 cm³/mol. The summed E-state index contributed by atoms with van der Waals surface area (Å²) in [4.78, 5) is 15.4. The monoisotopic (exact) mass is 352 g/mol. The summed E-state index contributed by atoms with van der Waals surface area (Å²) in [6.07, 6.45) is 1.91. The van der Waals surface area contributed by atoms with E-state index in [1.807, 2.05) is 62.4 Å². The average molecular weight is 352 g/mol. The minimum Gasteiger partial charge on any atom is -0.347 e. The molecule has 1 N–H and O–H groups in total. The van der Waals surface area contributed by atoms with Gasteiger partial charge in [-0.25, -0.2) is 4.68 Å². The van der Waals surface area contributed by atoms with Crippen LogP contribution in [0.5, 0.6) is 0 Å². The molecular weight excluding hydrogens is 328 g/mol. The first-order chi connectivity index (χ1) is 12.4. The highest BCUT2D eigenvalue weighted by Crippen LogP contribution is 2.19. The van der Waals surface area contributed by atoms with Crippen LogP contribution in [0.1, 0.15) is 44.2 Å². The molecule has 0 bridgehead atoms. The number of para-hydroxylation sites is 1. The Hall–Kier alpha value is -3.03. The van der Waals surface area contributed by atoms with Crippen LogP contribution < -0.4 is 10.2 Å². The summed E-state index contributed by atoms with van der Waals surface area (Å²) in [6, 6.07) is 9.80. The normalized spacial score (nSPS) is 12.2. The molecule has 8 heteroatoms. The van der Waals surface area contributed by atoms with Gasteiger partial charge in [0.1, 0.15) is 11.5 Å². The highest BCUT2D eigenvalue weighted by atomic mass is 15.4. The Morgan fingerprint density at radius 1 is 1.00 bits per heavy atom. The van der Waals surface area contributed by atoms with E-state index in [2.05, 4.69) is 44.4 Å². The fourth-order valence-electron chi connectivity index (χ4n) is 2.35. The molecule has 2 heterocycles.